The van der Waals surface area contributed by atoms with E-state index in [9.17, 15) is 22.8 Å². The van der Waals surface area contributed by atoms with E-state index in [0.717, 1.165) is 11.1 Å². The summed E-state index contributed by atoms with van der Waals surface area (Å²) in [4.78, 5) is 30.9. The van der Waals surface area contributed by atoms with Crippen molar-refractivity contribution in [2.24, 2.45) is 0 Å². The molecule has 3 aliphatic rings. The molecule has 1 N–H and O–H groups in total. The monoisotopic (exact) mass is 500 g/mol. The number of carbonyl (C=O) groups is 2. The zero-order chi connectivity index (χ0) is 25.4. The van der Waals surface area contributed by atoms with Crippen molar-refractivity contribution < 1.29 is 27.5 Å². The molecule has 0 spiro atoms. The van der Waals surface area contributed by atoms with E-state index < -0.39 is 18.8 Å². The number of benzene rings is 2. The highest BCUT2D eigenvalue weighted by Crippen LogP contribution is 2.43. The molecule has 10 heteroatoms. The zero-order valence-electron chi connectivity index (χ0n) is 19.8. The first-order valence-electron chi connectivity index (χ1n) is 11.9. The van der Waals surface area contributed by atoms with Gasteiger partial charge in [-0.1, -0.05) is 36.4 Å². The maximum absolute atomic E-state index is 13.2. The van der Waals surface area contributed by atoms with Crippen LogP contribution in [0.1, 0.15) is 27.5 Å². The fraction of sp³-hybridized carbons (Fsp3) is 0.385. The summed E-state index contributed by atoms with van der Waals surface area (Å²) in [7, 11) is 1.66. The average molecular weight is 501 g/mol. The molecule has 1 atom stereocenters. The molecule has 7 nitrogen and oxygen atoms in total. The Morgan fingerprint density at radius 2 is 1.58 bits per heavy atom. The minimum atomic E-state index is -4.17. The smallest absolute Gasteiger partial charge is 0.401 e. The molecule has 1 unspecified atom stereocenters. The van der Waals surface area contributed by atoms with Gasteiger partial charge in [-0.15, -0.1) is 0 Å². The Morgan fingerprint density at radius 1 is 0.944 bits per heavy atom. The zero-order valence-corrected chi connectivity index (χ0v) is 19.8. The maximum atomic E-state index is 13.2. The Bertz CT molecular complexity index is 1190. The highest BCUT2D eigenvalue weighted by Gasteiger charge is 2.42. The number of Topliss-reactive ketones (excluding diaryl/α,β-unsaturated/α-hetero) is 1. The minimum Gasteiger partial charge on any atom is -0.492 e. The number of piperazine rings is 1. The number of nitrogens with one attached hydrogen (secondary N) is 1. The van der Waals surface area contributed by atoms with Crippen molar-refractivity contribution in [3.05, 3.63) is 70.8 Å². The van der Waals surface area contributed by atoms with Gasteiger partial charge in [0, 0.05) is 50.9 Å². The fourth-order valence-electron chi connectivity index (χ4n) is 5.03. The standard InChI is InChI=1S/C26H27F3N4O3/c1-31-23-19-4-2-3-5-20(19)24(34)21(23)22(30-25(31)35)17-6-8-18(9-7-17)36-15-14-32-10-12-33(13-11-32)16-26(27,28)29/h2-9,22H,10-16H2,1H3,(H,30,35). The quantitative estimate of drug-likeness (QED) is 0.658. The highest BCUT2D eigenvalue weighted by molar-refractivity contribution is 6.23. The molecule has 2 aromatic carbocycles. The van der Waals surface area contributed by atoms with Crippen LogP contribution in [0.3, 0.4) is 0 Å². The number of alkyl halides is 3. The molecule has 2 amide bonds. The highest BCUT2D eigenvalue weighted by atomic mass is 19.4. The van der Waals surface area contributed by atoms with E-state index in [-0.39, 0.29) is 11.8 Å². The lowest BCUT2D eigenvalue weighted by Crippen LogP contribution is -2.49. The predicted octanol–water partition coefficient (Wildman–Crippen LogP) is 3.55. The van der Waals surface area contributed by atoms with E-state index in [4.69, 9.17) is 4.74 Å². The second-order valence-electron chi connectivity index (χ2n) is 9.23. The van der Waals surface area contributed by atoms with Crippen LogP contribution in [0.2, 0.25) is 0 Å². The number of halogens is 3. The van der Waals surface area contributed by atoms with Crippen molar-refractivity contribution >= 4 is 17.5 Å². The summed E-state index contributed by atoms with van der Waals surface area (Å²) in [5.41, 5.74) is 3.32. The first kappa shape index (κ1) is 24.3. The lowest BCUT2D eigenvalue weighted by atomic mass is 9.94. The Labute approximate surface area is 207 Å². The number of carbonyl (C=O) groups excluding carboxylic acids is 2. The summed E-state index contributed by atoms with van der Waals surface area (Å²) < 4.78 is 43.5. The molecule has 0 bridgehead atoms. The second kappa shape index (κ2) is 9.59. The summed E-state index contributed by atoms with van der Waals surface area (Å²) >= 11 is 0. The summed E-state index contributed by atoms with van der Waals surface area (Å²) in [6.45, 7) is 2.08. The van der Waals surface area contributed by atoms with Crippen LogP contribution in [0, 0.1) is 0 Å². The largest absolute Gasteiger partial charge is 0.492 e. The number of nitrogens with zero attached hydrogens (tertiary/aromatic N) is 3. The van der Waals surface area contributed by atoms with Gasteiger partial charge in [-0.05, 0) is 17.7 Å². The molecule has 190 valence electrons. The average Bonchev–Trinajstić information content (AvgIpc) is 3.15. The van der Waals surface area contributed by atoms with Crippen LogP contribution in [-0.4, -0.2) is 85.6 Å². The van der Waals surface area contributed by atoms with E-state index >= 15 is 0 Å². The molecule has 2 aromatic rings. The number of hydrogen-bond acceptors (Lipinski definition) is 5. The third kappa shape index (κ3) is 4.83. The van der Waals surface area contributed by atoms with Crippen molar-refractivity contribution in [3.8, 4) is 5.75 Å². The molecule has 2 heterocycles. The lowest BCUT2D eigenvalue weighted by molar-refractivity contribution is -0.149. The first-order valence-corrected chi connectivity index (χ1v) is 11.9. The van der Waals surface area contributed by atoms with Gasteiger partial charge < -0.3 is 10.1 Å². The molecular weight excluding hydrogens is 473 g/mol. The Hall–Kier alpha value is -3.37. The molecule has 2 aliphatic heterocycles. The fourth-order valence-corrected chi connectivity index (χ4v) is 5.03. The molecular formula is C26H27F3N4O3. The molecule has 1 aliphatic carbocycles. The van der Waals surface area contributed by atoms with Crippen molar-refractivity contribution in [1.29, 1.82) is 0 Å². The van der Waals surface area contributed by atoms with Crippen LogP contribution in [-0.2, 0) is 0 Å². The Kier molecular flexibility index (Phi) is 6.48. The SMILES string of the molecule is CN1C(=O)NC(c2ccc(OCCN3CCN(CC(F)(F)F)CC3)cc2)C2=C1c1ccccc1C2=O. The minimum absolute atomic E-state index is 0.0897. The lowest BCUT2D eigenvalue weighted by Gasteiger charge is -2.34. The van der Waals surface area contributed by atoms with Crippen LogP contribution in [0.15, 0.2) is 54.1 Å². The number of ether oxygens (including phenoxy) is 1. The number of rotatable bonds is 6. The second-order valence-corrected chi connectivity index (χ2v) is 9.23. The Morgan fingerprint density at radius 3 is 2.25 bits per heavy atom. The molecule has 0 aromatic heterocycles. The maximum Gasteiger partial charge on any atom is 0.401 e. The third-order valence-electron chi connectivity index (χ3n) is 6.88. The van der Waals surface area contributed by atoms with Crippen molar-refractivity contribution in [2.75, 3.05) is 52.9 Å². The predicted molar refractivity (Wildman–Crippen MR) is 128 cm³/mol. The summed E-state index contributed by atoms with van der Waals surface area (Å²) in [6, 6.07) is 13.7. The van der Waals surface area contributed by atoms with Gasteiger partial charge in [0.15, 0.2) is 5.78 Å². The number of hydrogen-bond donors (Lipinski definition) is 1. The van der Waals surface area contributed by atoms with Crippen LogP contribution in [0.5, 0.6) is 5.75 Å². The van der Waals surface area contributed by atoms with Gasteiger partial charge in [0.25, 0.3) is 0 Å². The Balaban J connectivity index is 1.20. The van der Waals surface area contributed by atoms with Gasteiger partial charge in [0.2, 0.25) is 0 Å². The van der Waals surface area contributed by atoms with Crippen LogP contribution < -0.4 is 10.1 Å². The normalized spacial score (nSPS) is 20.9. The van der Waals surface area contributed by atoms with Gasteiger partial charge in [0.1, 0.15) is 12.4 Å². The van der Waals surface area contributed by atoms with Crippen molar-refractivity contribution in [1.82, 2.24) is 20.0 Å². The molecule has 0 saturated carbocycles. The number of fused-ring (bicyclic) bond motifs is 2. The van der Waals surface area contributed by atoms with Gasteiger partial charge in [-0.25, -0.2) is 4.79 Å². The van der Waals surface area contributed by atoms with Crippen LogP contribution in [0.25, 0.3) is 5.70 Å². The molecule has 1 fully saturated rings. The number of ketones is 1. The van der Waals surface area contributed by atoms with E-state index in [2.05, 4.69) is 10.2 Å². The molecule has 0 radical (unpaired) electrons. The van der Waals surface area contributed by atoms with Gasteiger partial charge in [-0.3, -0.25) is 19.5 Å². The topological polar surface area (TPSA) is 65.1 Å². The molecule has 36 heavy (non-hydrogen) atoms. The molecule has 5 rings (SSSR count). The summed E-state index contributed by atoms with van der Waals surface area (Å²) in [5, 5.41) is 2.93. The van der Waals surface area contributed by atoms with Gasteiger partial charge in [0.05, 0.1) is 23.9 Å². The van der Waals surface area contributed by atoms with E-state index in [1.54, 1.807) is 25.2 Å². The van der Waals surface area contributed by atoms with E-state index in [0.29, 0.717) is 61.9 Å². The number of urea groups is 1. The van der Waals surface area contributed by atoms with Crippen molar-refractivity contribution in [3.63, 3.8) is 0 Å². The summed E-state index contributed by atoms with van der Waals surface area (Å²) in [6.07, 6.45) is -4.17. The van der Waals surface area contributed by atoms with E-state index in [1.807, 2.05) is 30.3 Å². The third-order valence-corrected chi connectivity index (χ3v) is 6.88. The van der Waals surface area contributed by atoms with Crippen molar-refractivity contribution in [2.45, 2.75) is 12.2 Å². The van der Waals surface area contributed by atoms with Crippen LogP contribution >= 0.6 is 0 Å². The van der Waals surface area contributed by atoms with Crippen LogP contribution in [0.4, 0.5) is 18.0 Å². The molecule has 1 saturated heterocycles. The van der Waals surface area contributed by atoms with Gasteiger partial charge in [-0.2, -0.15) is 13.2 Å². The number of amides is 2. The first-order chi connectivity index (χ1) is 17.2. The summed E-state index contributed by atoms with van der Waals surface area (Å²) in [5.74, 6) is 0.553. The van der Waals surface area contributed by atoms with E-state index in [1.165, 1.54) is 9.80 Å². The van der Waals surface area contributed by atoms with Gasteiger partial charge >= 0.3 is 12.2 Å².